The molecule has 0 aliphatic rings. The fraction of sp³-hybridized carbons (Fsp3) is 0.917. The zero-order chi connectivity index (χ0) is 16.1. The summed E-state index contributed by atoms with van der Waals surface area (Å²) in [5.74, 6) is -2.60. The molecule has 0 saturated heterocycles. The molecule has 0 saturated carbocycles. The molecule has 0 aromatic carbocycles. The Balaban J connectivity index is 4.50. The smallest absolute Gasteiger partial charge is 0.414 e. The Labute approximate surface area is 118 Å². The van der Waals surface area contributed by atoms with E-state index in [1.54, 1.807) is 20.8 Å². The van der Waals surface area contributed by atoms with Gasteiger partial charge in [-0.3, -0.25) is 4.90 Å². The van der Waals surface area contributed by atoms with Gasteiger partial charge in [0, 0.05) is 19.9 Å². The molecule has 120 valence electrons. The fourth-order valence-electron chi connectivity index (χ4n) is 1.37. The number of aliphatic hydroxyl groups is 5. The maximum absolute atomic E-state index is 11.7. The van der Waals surface area contributed by atoms with E-state index in [-0.39, 0.29) is 12.8 Å². The number of carbonyl (C=O) groups excluding carboxylic acids is 1. The average Bonchev–Trinajstić information content (AvgIpc) is 2.22. The van der Waals surface area contributed by atoms with Gasteiger partial charge in [0.2, 0.25) is 0 Å². The summed E-state index contributed by atoms with van der Waals surface area (Å²) in [6.45, 7) is 4.89. The maximum Gasteiger partial charge on any atom is 0.414 e. The molecule has 0 heterocycles. The number of nitrogens with zero attached hydrogens (tertiary/aromatic N) is 1. The van der Waals surface area contributed by atoms with E-state index in [0.717, 1.165) is 7.05 Å². The van der Waals surface area contributed by atoms with Crippen molar-refractivity contribution < 1.29 is 35.1 Å². The first-order valence-corrected chi connectivity index (χ1v) is 6.31. The number of carbonyl (C=O) groups is 1. The van der Waals surface area contributed by atoms with E-state index >= 15 is 0 Å². The van der Waals surface area contributed by atoms with Gasteiger partial charge in [-0.2, -0.15) is 0 Å². The molecular weight excluding hydrogens is 270 g/mol. The third-order valence-corrected chi connectivity index (χ3v) is 2.47. The second-order valence-corrected chi connectivity index (χ2v) is 5.73. The Bertz CT molecular complexity index is 311. The van der Waals surface area contributed by atoms with E-state index in [2.05, 4.69) is 0 Å². The minimum atomic E-state index is -2.60. The monoisotopic (exact) mass is 295 g/mol. The molecule has 0 radical (unpaired) electrons. The molecule has 0 aliphatic heterocycles. The van der Waals surface area contributed by atoms with E-state index < -0.39 is 36.4 Å². The average molecular weight is 295 g/mol. The first-order valence-electron chi connectivity index (χ1n) is 6.31. The zero-order valence-electron chi connectivity index (χ0n) is 12.3. The van der Waals surface area contributed by atoms with Crippen LogP contribution in [-0.2, 0) is 4.74 Å². The summed E-state index contributed by atoms with van der Waals surface area (Å²) in [5.41, 5.74) is -0.791. The first-order chi connectivity index (χ1) is 8.85. The highest BCUT2D eigenvalue weighted by molar-refractivity contribution is 5.68. The summed E-state index contributed by atoms with van der Waals surface area (Å²) in [5, 5.41) is 46.5. The Kier molecular flexibility index (Phi) is 6.85. The molecule has 8 nitrogen and oxygen atoms in total. The van der Waals surface area contributed by atoms with Crippen molar-refractivity contribution in [1.82, 2.24) is 4.90 Å². The van der Waals surface area contributed by atoms with Crippen LogP contribution in [0.3, 0.4) is 0 Å². The fourth-order valence-corrected chi connectivity index (χ4v) is 1.37. The Hall–Kier alpha value is -0.930. The summed E-state index contributed by atoms with van der Waals surface area (Å²) in [6.07, 6.45) is -4.47. The van der Waals surface area contributed by atoms with Crippen LogP contribution in [-0.4, -0.2) is 67.5 Å². The van der Waals surface area contributed by atoms with Crippen molar-refractivity contribution in [2.45, 2.75) is 63.9 Å². The third kappa shape index (κ3) is 7.61. The molecule has 0 rings (SSSR count). The maximum atomic E-state index is 11.7. The van der Waals surface area contributed by atoms with Gasteiger partial charge in [-0.25, -0.2) is 4.79 Å². The van der Waals surface area contributed by atoms with Crippen LogP contribution >= 0.6 is 0 Å². The molecule has 0 aliphatic carbocycles. The van der Waals surface area contributed by atoms with Gasteiger partial charge in [0.05, 0.1) is 6.10 Å². The zero-order valence-corrected chi connectivity index (χ0v) is 12.3. The predicted octanol–water partition coefficient (Wildman–Crippen LogP) is -0.666. The molecule has 1 unspecified atom stereocenters. The highest BCUT2D eigenvalue weighted by atomic mass is 16.6. The van der Waals surface area contributed by atoms with Crippen molar-refractivity contribution in [2.75, 3.05) is 7.05 Å². The molecule has 0 aromatic rings. The van der Waals surface area contributed by atoms with Gasteiger partial charge in [0.1, 0.15) is 5.60 Å². The van der Waals surface area contributed by atoms with Gasteiger partial charge < -0.3 is 30.3 Å². The lowest BCUT2D eigenvalue weighted by atomic mass is 10.1. The summed E-state index contributed by atoms with van der Waals surface area (Å²) < 4.78 is 4.97. The van der Waals surface area contributed by atoms with E-state index in [1.807, 2.05) is 0 Å². The Morgan fingerprint density at radius 2 is 1.65 bits per heavy atom. The van der Waals surface area contributed by atoms with Crippen LogP contribution in [0.25, 0.3) is 0 Å². The molecule has 0 fully saturated rings. The molecule has 8 heteroatoms. The largest absolute Gasteiger partial charge is 0.444 e. The lowest BCUT2D eigenvalue weighted by Crippen LogP contribution is -2.52. The van der Waals surface area contributed by atoms with Gasteiger partial charge in [0.25, 0.3) is 5.91 Å². The van der Waals surface area contributed by atoms with Crippen LogP contribution in [0.1, 0.15) is 40.0 Å². The highest BCUT2D eigenvalue weighted by Crippen LogP contribution is 2.19. The van der Waals surface area contributed by atoms with Crippen LogP contribution in [0.5, 0.6) is 0 Å². The van der Waals surface area contributed by atoms with Gasteiger partial charge >= 0.3 is 6.09 Å². The van der Waals surface area contributed by atoms with Crippen molar-refractivity contribution in [3.63, 3.8) is 0 Å². The van der Waals surface area contributed by atoms with Crippen molar-refractivity contribution in [3.05, 3.63) is 0 Å². The second kappa shape index (κ2) is 7.19. The van der Waals surface area contributed by atoms with Crippen LogP contribution in [0.15, 0.2) is 0 Å². The summed E-state index contributed by atoms with van der Waals surface area (Å²) in [4.78, 5) is 12.2. The molecular formula is C12H25NO7. The Morgan fingerprint density at radius 3 is 2.05 bits per heavy atom. The Morgan fingerprint density at radius 1 is 1.15 bits per heavy atom. The van der Waals surface area contributed by atoms with E-state index in [4.69, 9.17) is 14.9 Å². The number of hydrogen-bond acceptors (Lipinski definition) is 7. The highest BCUT2D eigenvalue weighted by Gasteiger charge is 2.37. The van der Waals surface area contributed by atoms with Gasteiger partial charge in [0.15, 0.2) is 6.29 Å². The van der Waals surface area contributed by atoms with Crippen molar-refractivity contribution in [2.24, 2.45) is 0 Å². The van der Waals surface area contributed by atoms with Crippen LogP contribution in [0, 0.1) is 0 Å². The number of aliphatic hydroxyl groups excluding tert-OH is 2. The molecule has 5 N–H and O–H groups in total. The SMILES string of the molecule is CN(C(=O)OC(C)(C)C)C(O)(O)CC(O)CCC(O)O. The molecule has 0 aromatic heterocycles. The van der Waals surface area contributed by atoms with Crippen LogP contribution < -0.4 is 0 Å². The van der Waals surface area contributed by atoms with Crippen LogP contribution in [0.4, 0.5) is 4.79 Å². The number of hydrogen-bond donors (Lipinski definition) is 5. The number of ether oxygens (including phenoxy) is 1. The molecule has 1 amide bonds. The van der Waals surface area contributed by atoms with Crippen molar-refractivity contribution >= 4 is 6.09 Å². The lowest BCUT2D eigenvalue weighted by molar-refractivity contribution is -0.259. The van der Waals surface area contributed by atoms with E-state index in [1.165, 1.54) is 0 Å². The summed E-state index contributed by atoms with van der Waals surface area (Å²) in [6, 6.07) is 0. The minimum absolute atomic E-state index is 0.0529. The minimum Gasteiger partial charge on any atom is -0.444 e. The topological polar surface area (TPSA) is 131 Å². The van der Waals surface area contributed by atoms with Crippen molar-refractivity contribution in [3.8, 4) is 0 Å². The van der Waals surface area contributed by atoms with Crippen LogP contribution in [0.2, 0.25) is 0 Å². The van der Waals surface area contributed by atoms with E-state index in [0.29, 0.717) is 4.90 Å². The van der Waals surface area contributed by atoms with Crippen molar-refractivity contribution in [1.29, 1.82) is 0 Å². The van der Waals surface area contributed by atoms with Gasteiger partial charge in [-0.05, 0) is 27.2 Å². The van der Waals surface area contributed by atoms with E-state index in [9.17, 15) is 20.1 Å². The number of amides is 1. The molecule has 20 heavy (non-hydrogen) atoms. The summed E-state index contributed by atoms with van der Waals surface area (Å²) in [7, 11) is 1.13. The normalized spacial score (nSPS) is 14.3. The third-order valence-electron chi connectivity index (χ3n) is 2.47. The predicted molar refractivity (Wildman–Crippen MR) is 69.2 cm³/mol. The quantitative estimate of drug-likeness (QED) is 0.411. The van der Waals surface area contributed by atoms with Gasteiger partial charge in [-0.1, -0.05) is 0 Å². The molecule has 0 spiro atoms. The molecule has 1 atom stereocenters. The number of rotatable bonds is 6. The summed E-state index contributed by atoms with van der Waals surface area (Å²) >= 11 is 0. The standard InChI is InChI=1S/C12H25NO7/c1-11(2,3)20-10(17)13(4)12(18,19)7-8(14)5-6-9(15)16/h8-9,14-16,18-19H,5-7H2,1-4H3. The lowest BCUT2D eigenvalue weighted by Gasteiger charge is -2.34. The molecule has 0 bridgehead atoms. The first kappa shape index (κ1) is 19.1. The second-order valence-electron chi connectivity index (χ2n) is 5.73. The van der Waals surface area contributed by atoms with Gasteiger partial charge in [-0.15, -0.1) is 0 Å².